The summed E-state index contributed by atoms with van der Waals surface area (Å²) in [5, 5.41) is 3.35. The minimum absolute atomic E-state index is 0.0942. The Morgan fingerprint density at radius 1 is 1.39 bits per heavy atom. The van der Waals surface area contributed by atoms with Crippen molar-refractivity contribution >= 4 is 40.1 Å². The Bertz CT molecular complexity index is 1140. The average molecular weight is 447 g/mol. The number of methoxy groups -OCH3 is 1. The molecule has 0 unspecified atom stereocenters. The molecule has 1 saturated heterocycles. The number of halogens is 2. The van der Waals surface area contributed by atoms with Crippen molar-refractivity contribution in [3.63, 3.8) is 0 Å². The molecule has 162 valence electrons. The molecule has 0 saturated carbocycles. The second-order valence-electron chi connectivity index (χ2n) is 7.03. The van der Waals surface area contributed by atoms with E-state index in [9.17, 15) is 14.0 Å². The molecule has 2 N–H and O–H groups in total. The summed E-state index contributed by atoms with van der Waals surface area (Å²) in [4.78, 5) is 33.7. The maximum atomic E-state index is 14.7. The molecule has 0 aliphatic carbocycles. The van der Waals surface area contributed by atoms with Gasteiger partial charge in [0.05, 0.1) is 29.9 Å². The van der Waals surface area contributed by atoms with E-state index in [0.29, 0.717) is 23.0 Å². The summed E-state index contributed by atoms with van der Waals surface area (Å²) < 4.78 is 25.0. The van der Waals surface area contributed by atoms with Gasteiger partial charge in [-0.2, -0.15) is 0 Å². The molecule has 1 aromatic heterocycles. The van der Waals surface area contributed by atoms with Gasteiger partial charge in [0, 0.05) is 24.2 Å². The number of fused-ring (bicyclic) bond motifs is 1. The van der Waals surface area contributed by atoms with Gasteiger partial charge in [-0.3, -0.25) is 9.59 Å². The third-order valence-electron chi connectivity index (χ3n) is 4.92. The maximum Gasteiger partial charge on any atom is 0.253 e. The molecule has 10 heteroatoms. The van der Waals surface area contributed by atoms with Crippen molar-refractivity contribution in [2.45, 2.75) is 6.04 Å². The van der Waals surface area contributed by atoms with Gasteiger partial charge in [0.25, 0.3) is 11.8 Å². The molecule has 2 aromatic carbocycles. The van der Waals surface area contributed by atoms with Crippen LogP contribution in [0.3, 0.4) is 0 Å². The highest BCUT2D eigenvalue weighted by atomic mass is 35.5. The highest BCUT2D eigenvalue weighted by molar-refractivity contribution is 6.31. The molecule has 0 spiro atoms. The number of nitrogens with zero attached hydrogens (tertiary/aromatic N) is 2. The number of nitrogens with one attached hydrogen (secondary N) is 2. The fraction of sp³-hybridized carbons (Fsp3) is 0.286. The topological polar surface area (TPSA) is 96.6 Å². The number of carbonyl (C=O) groups excluding carboxylic acids is 2. The van der Waals surface area contributed by atoms with E-state index in [-0.39, 0.29) is 36.9 Å². The molecule has 3 aromatic rings. The van der Waals surface area contributed by atoms with Gasteiger partial charge < -0.3 is 24.7 Å². The summed E-state index contributed by atoms with van der Waals surface area (Å²) in [7, 11) is 1.51. The van der Waals surface area contributed by atoms with Crippen LogP contribution in [0, 0.1) is 5.82 Å². The minimum Gasteiger partial charge on any atom is -0.382 e. The lowest BCUT2D eigenvalue weighted by Gasteiger charge is -2.27. The van der Waals surface area contributed by atoms with Crippen LogP contribution in [-0.4, -0.2) is 55.3 Å². The summed E-state index contributed by atoms with van der Waals surface area (Å²) in [6.45, 7) is 0.646. The van der Waals surface area contributed by atoms with Crippen LogP contribution in [0.2, 0.25) is 5.02 Å². The van der Waals surface area contributed by atoms with Gasteiger partial charge in [-0.1, -0.05) is 11.6 Å². The number of anilines is 1. The first-order chi connectivity index (χ1) is 15.0. The van der Waals surface area contributed by atoms with E-state index in [1.807, 2.05) is 0 Å². The van der Waals surface area contributed by atoms with Crippen LogP contribution >= 0.6 is 11.6 Å². The summed E-state index contributed by atoms with van der Waals surface area (Å²) in [6, 6.07) is 8.65. The van der Waals surface area contributed by atoms with Crippen LogP contribution in [0.25, 0.3) is 11.0 Å². The number of ether oxygens (including phenoxy) is 2. The van der Waals surface area contributed by atoms with Gasteiger partial charge in [-0.05, 0) is 36.4 Å². The second kappa shape index (κ2) is 9.01. The van der Waals surface area contributed by atoms with E-state index in [4.69, 9.17) is 21.1 Å². The lowest BCUT2D eigenvalue weighted by molar-refractivity contribution is -0.125. The monoisotopic (exact) mass is 446 g/mol. The largest absolute Gasteiger partial charge is 0.382 e. The van der Waals surface area contributed by atoms with Gasteiger partial charge in [0.1, 0.15) is 24.3 Å². The Kier molecular flexibility index (Phi) is 6.17. The van der Waals surface area contributed by atoms with E-state index in [2.05, 4.69) is 15.3 Å². The molecule has 1 atom stereocenters. The van der Waals surface area contributed by atoms with Crippen molar-refractivity contribution in [3.05, 3.63) is 58.6 Å². The zero-order valence-electron chi connectivity index (χ0n) is 16.7. The molecular weight excluding hydrogens is 427 g/mol. The van der Waals surface area contributed by atoms with Crippen LogP contribution in [-0.2, 0) is 14.3 Å². The SMILES string of the molecule is COC[C@H](NC(=O)c1ccc(N2CCOCC2=O)c(F)c1)c1nc2cc(Cl)ccc2[nH]1. The van der Waals surface area contributed by atoms with E-state index < -0.39 is 17.8 Å². The van der Waals surface area contributed by atoms with Crippen molar-refractivity contribution in [1.82, 2.24) is 15.3 Å². The number of hydrogen-bond donors (Lipinski definition) is 2. The number of aromatic amines is 1. The van der Waals surface area contributed by atoms with E-state index in [1.54, 1.807) is 18.2 Å². The molecule has 1 aliphatic rings. The van der Waals surface area contributed by atoms with Crippen molar-refractivity contribution in [2.75, 3.05) is 38.4 Å². The number of amides is 2. The van der Waals surface area contributed by atoms with Gasteiger partial charge >= 0.3 is 0 Å². The van der Waals surface area contributed by atoms with Gasteiger partial charge in [-0.15, -0.1) is 0 Å². The molecule has 1 aliphatic heterocycles. The zero-order chi connectivity index (χ0) is 22.0. The molecule has 2 heterocycles. The molecular formula is C21H20ClFN4O4. The Hall–Kier alpha value is -3.01. The molecule has 31 heavy (non-hydrogen) atoms. The smallest absolute Gasteiger partial charge is 0.253 e. The summed E-state index contributed by atoms with van der Waals surface area (Å²) >= 11 is 6.01. The van der Waals surface area contributed by atoms with Crippen molar-refractivity contribution in [2.24, 2.45) is 0 Å². The number of benzene rings is 2. The van der Waals surface area contributed by atoms with Crippen LogP contribution < -0.4 is 10.2 Å². The number of hydrogen-bond acceptors (Lipinski definition) is 5. The van der Waals surface area contributed by atoms with Crippen molar-refractivity contribution in [3.8, 4) is 0 Å². The van der Waals surface area contributed by atoms with Gasteiger partial charge in [0.2, 0.25) is 0 Å². The first kappa shape index (κ1) is 21.2. The number of H-pyrrole nitrogens is 1. The number of carbonyl (C=O) groups is 2. The standard InChI is InChI=1S/C21H20ClFN4O4/c1-30-10-17(20-24-15-4-3-13(22)9-16(15)25-20)26-21(29)12-2-5-18(14(23)8-12)27-6-7-31-11-19(27)28/h2-5,8-9,17H,6-7,10-11H2,1H3,(H,24,25)(H,26,29)/t17-/m0/s1. The Labute approximate surface area is 182 Å². The highest BCUT2D eigenvalue weighted by Crippen LogP contribution is 2.24. The minimum atomic E-state index is -0.662. The quantitative estimate of drug-likeness (QED) is 0.607. The molecule has 8 nitrogen and oxygen atoms in total. The van der Waals surface area contributed by atoms with E-state index in [1.165, 1.54) is 24.1 Å². The predicted molar refractivity (Wildman–Crippen MR) is 113 cm³/mol. The second-order valence-corrected chi connectivity index (χ2v) is 7.47. The van der Waals surface area contributed by atoms with Crippen LogP contribution in [0.1, 0.15) is 22.2 Å². The summed E-state index contributed by atoms with van der Waals surface area (Å²) in [5.41, 5.74) is 1.65. The zero-order valence-corrected chi connectivity index (χ0v) is 17.4. The molecule has 0 bridgehead atoms. The molecule has 4 rings (SSSR count). The van der Waals surface area contributed by atoms with Crippen molar-refractivity contribution in [1.29, 1.82) is 0 Å². The Morgan fingerprint density at radius 3 is 2.97 bits per heavy atom. The van der Waals surface area contributed by atoms with Crippen LogP contribution in [0.4, 0.5) is 10.1 Å². The first-order valence-corrected chi connectivity index (χ1v) is 9.96. The fourth-order valence-corrected chi connectivity index (χ4v) is 3.57. The average Bonchev–Trinajstić information content (AvgIpc) is 3.17. The van der Waals surface area contributed by atoms with Crippen molar-refractivity contribution < 1.29 is 23.5 Å². The molecule has 0 radical (unpaired) electrons. The molecule has 2 amide bonds. The number of morpholine rings is 1. The lowest BCUT2D eigenvalue weighted by atomic mass is 10.1. The molecule has 1 fully saturated rings. The number of imidazole rings is 1. The fourth-order valence-electron chi connectivity index (χ4n) is 3.40. The van der Waals surface area contributed by atoms with Gasteiger partial charge in [-0.25, -0.2) is 9.37 Å². The highest BCUT2D eigenvalue weighted by Gasteiger charge is 2.24. The normalized spacial score (nSPS) is 15.3. The Balaban J connectivity index is 1.54. The third-order valence-corrected chi connectivity index (χ3v) is 5.15. The van der Waals surface area contributed by atoms with E-state index in [0.717, 1.165) is 11.6 Å². The third kappa shape index (κ3) is 4.53. The number of rotatable bonds is 6. The number of aromatic nitrogens is 2. The van der Waals surface area contributed by atoms with Gasteiger partial charge in [0.15, 0.2) is 0 Å². The lowest BCUT2D eigenvalue weighted by Crippen LogP contribution is -2.42. The Morgan fingerprint density at radius 2 is 2.23 bits per heavy atom. The summed E-state index contributed by atoms with van der Waals surface area (Å²) in [5.74, 6) is -1.00. The van der Waals surface area contributed by atoms with Crippen LogP contribution in [0.15, 0.2) is 36.4 Å². The maximum absolute atomic E-state index is 14.7. The first-order valence-electron chi connectivity index (χ1n) is 9.59. The van der Waals surface area contributed by atoms with Crippen LogP contribution in [0.5, 0.6) is 0 Å². The predicted octanol–water partition coefficient (Wildman–Crippen LogP) is 2.84. The summed E-state index contributed by atoms with van der Waals surface area (Å²) in [6.07, 6.45) is 0. The van der Waals surface area contributed by atoms with E-state index >= 15 is 0 Å².